The van der Waals surface area contributed by atoms with Gasteiger partial charge in [0.2, 0.25) is 5.91 Å². The highest BCUT2D eigenvalue weighted by molar-refractivity contribution is 7.09. The van der Waals surface area contributed by atoms with E-state index >= 15 is 0 Å². The van der Waals surface area contributed by atoms with Crippen molar-refractivity contribution in [1.82, 2.24) is 35.4 Å². The molecule has 1 fully saturated rings. The summed E-state index contributed by atoms with van der Waals surface area (Å²) in [6.07, 6.45) is 3.15. The summed E-state index contributed by atoms with van der Waals surface area (Å²) < 4.78 is 6.97. The number of methoxy groups -OCH3 is 1. The number of rotatable bonds is 7. The Morgan fingerprint density at radius 3 is 2.74 bits per heavy atom. The lowest BCUT2D eigenvalue weighted by molar-refractivity contribution is -0.154. The molecule has 0 saturated carbocycles. The highest BCUT2D eigenvalue weighted by Gasteiger charge is 2.42. The summed E-state index contributed by atoms with van der Waals surface area (Å²) in [7, 11) is 1.54. The van der Waals surface area contributed by atoms with Crippen molar-refractivity contribution in [2.45, 2.75) is 44.9 Å². The second kappa shape index (κ2) is 8.53. The lowest BCUT2D eigenvalue weighted by Gasteiger charge is -2.39. The van der Waals surface area contributed by atoms with E-state index in [1.165, 1.54) is 29.5 Å². The minimum absolute atomic E-state index is 0.0812. The molecule has 1 aliphatic heterocycles. The lowest BCUT2D eigenvalue weighted by Crippen LogP contribution is -2.56. The Bertz CT molecular complexity index is 769. The van der Waals surface area contributed by atoms with Crippen LogP contribution in [0.15, 0.2) is 11.7 Å². The van der Waals surface area contributed by atoms with Crippen molar-refractivity contribution in [2.75, 3.05) is 20.2 Å². The summed E-state index contributed by atoms with van der Waals surface area (Å²) in [5, 5.41) is 16.5. The number of nitrogens with one attached hydrogen (secondary N) is 1. The van der Waals surface area contributed by atoms with Gasteiger partial charge in [-0.15, -0.1) is 16.4 Å². The third-order valence-corrected chi connectivity index (χ3v) is 5.68. The zero-order valence-electron chi connectivity index (χ0n) is 15.4. The van der Waals surface area contributed by atoms with Crippen molar-refractivity contribution in [3.8, 4) is 0 Å². The summed E-state index contributed by atoms with van der Waals surface area (Å²) in [4.78, 5) is 31.2. The normalized spacial score (nSPS) is 16.3. The first kappa shape index (κ1) is 19.4. The van der Waals surface area contributed by atoms with Crippen LogP contribution in [-0.2, 0) is 33.8 Å². The van der Waals surface area contributed by atoms with Gasteiger partial charge < -0.3 is 15.0 Å². The van der Waals surface area contributed by atoms with E-state index < -0.39 is 5.60 Å². The standard InChI is InChI=1S/C16H23N7O3S/c1-3-12-10-27-13(19-12)8-17-15(25)16(26-2)4-6-22(7-5-16)14(24)9-23-11-18-20-21-23/h10-11H,3-9H2,1-2H3,(H,17,25). The fraction of sp³-hybridized carbons (Fsp3) is 0.625. The first-order valence-corrected chi connectivity index (χ1v) is 9.69. The van der Waals surface area contributed by atoms with Gasteiger partial charge in [-0.25, -0.2) is 9.67 Å². The Hall–Kier alpha value is -2.40. The second-order valence-electron chi connectivity index (χ2n) is 6.36. The molecule has 1 aliphatic rings. The van der Waals surface area contributed by atoms with E-state index in [2.05, 4.69) is 25.8 Å². The van der Waals surface area contributed by atoms with Gasteiger partial charge in [0.05, 0.1) is 12.2 Å². The molecule has 2 amide bonds. The van der Waals surface area contributed by atoms with Gasteiger partial charge in [0.25, 0.3) is 5.91 Å². The van der Waals surface area contributed by atoms with Gasteiger partial charge in [0, 0.05) is 38.4 Å². The molecule has 2 aromatic rings. The van der Waals surface area contributed by atoms with Crippen LogP contribution in [0.1, 0.15) is 30.5 Å². The number of aromatic nitrogens is 5. The molecule has 0 bridgehead atoms. The van der Waals surface area contributed by atoms with Crippen molar-refractivity contribution >= 4 is 23.2 Å². The minimum Gasteiger partial charge on any atom is -0.368 e. The smallest absolute Gasteiger partial charge is 0.252 e. The van der Waals surface area contributed by atoms with E-state index in [9.17, 15) is 9.59 Å². The number of piperidine rings is 1. The summed E-state index contributed by atoms with van der Waals surface area (Å²) >= 11 is 1.54. The molecule has 0 radical (unpaired) electrons. The number of carbonyl (C=O) groups excluding carboxylic acids is 2. The maximum absolute atomic E-state index is 12.7. The fourth-order valence-corrected chi connectivity index (χ4v) is 3.86. The second-order valence-corrected chi connectivity index (χ2v) is 7.30. The molecule has 10 nitrogen and oxygen atoms in total. The number of amides is 2. The third kappa shape index (κ3) is 4.48. The molecule has 0 unspecified atom stereocenters. The molecule has 3 heterocycles. The van der Waals surface area contributed by atoms with Crippen LogP contribution < -0.4 is 5.32 Å². The number of aryl methyl sites for hydroxylation is 1. The van der Waals surface area contributed by atoms with Crippen molar-refractivity contribution in [3.63, 3.8) is 0 Å². The van der Waals surface area contributed by atoms with Crippen LogP contribution in [0.25, 0.3) is 0 Å². The third-order valence-electron chi connectivity index (χ3n) is 4.78. The molecule has 2 aromatic heterocycles. The summed E-state index contributed by atoms with van der Waals surface area (Å²) in [6, 6.07) is 0. The fourth-order valence-electron chi connectivity index (χ4n) is 3.04. The Morgan fingerprint density at radius 2 is 2.15 bits per heavy atom. The van der Waals surface area contributed by atoms with Crippen LogP contribution in [0.2, 0.25) is 0 Å². The van der Waals surface area contributed by atoms with Gasteiger partial charge in [-0.1, -0.05) is 6.92 Å². The predicted molar refractivity (Wildman–Crippen MR) is 96.7 cm³/mol. The highest BCUT2D eigenvalue weighted by Crippen LogP contribution is 2.26. The maximum atomic E-state index is 12.7. The van der Waals surface area contributed by atoms with Gasteiger partial charge >= 0.3 is 0 Å². The minimum atomic E-state index is -0.920. The van der Waals surface area contributed by atoms with Gasteiger partial charge in [0.15, 0.2) is 0 Å². The molecule has 0 aromatic carbocycles. The number of likely N-dealkylation sites (tertiary alicyclic amines) is 1. The van der Waals surface area contributed by atoms with E-state index in [1.807, 2.05) is 12.3 Å². The van der Waals surface area contributed by atoms with Gasteiger partial charge in [-0.2, -0.15) is 0 Å². The first-order valence-electron chi connectivity index (χ1n) is 8.81. The Kier molecular flexibility index (Phi) is 6.11. The number of thiazole rings is 1. The molecule has 1 N–H and O–H groups in total. The molecule has 27 heavy (non-hydrogen) atoms. The monoisotopic (exact) mass is 393 g/mol. The van der Waals surface area contributed by atoms with Crippen LogP contribution in [-0.4, -0.2) is 67.7 Å². The molecule has 3 rings (SSSR count). The number of ether oxygens (including phenoxy) is 1. The Balaban J connectivity index is 1.53. The summed E-state index contributed by atoms with van der Waals surface area (Å²) in [6.45, 7) is 3.41. The quantitative estimate of drug-likeness (QED) is 0.705. The molecule has 0 aliphatic carbocycles. The maximum Gasteiger partial charge on any atom is 0.252 e. The number of nitrogens with zero attached hydrogens (tertiary/aromatic N) is 6. The molecule has 146 valence electrons. The number of tetrazole rings is 1. The van der Waals surface area contributed by atoms with Crippen LogP contribution in [0, 0.1) is 0 Å². The first-order chi connectivity index (χ1) is 13.1. The number of hydrogen-bond acceptors (Lipinski definition) is 8. The predicted octanol–water partition coefficient (Wildman–Crippen LogP) is 0.0160. The van der Waals surface area contributed by atoms with Crippen LogP contribution >= 0.6 is 11.3 Å². The molecule has 1 saturated heterocycles. The Labute approximate surface area is 160 Å². The zero-order valence-corrected chi connectivity index (χ0v) is 16.2. The molecule has 0 spiro atoms. The van der Waals surface area contributed by atoms with E-state index in [0.29, 0.717) is 32.5 Å². The van der Waals surface area contributed by atoms with Crippen molar-refractivity contribution < 1.29 is 14.3 Å². The SMILES string of the molecule is CCc1csc(CNC(=O)C2(OC)CCN(C(=O)Cn3cnnn3)CC2)n1. The van der Waals surface area contributed by atoms with Crippen LogP contribution in [0.5, 0.6) is 0 Å². The van der Waals surface area contributed by atoms with E-state index in [-0.39, 0.29) is 18.4 Å². The summed E-state index contributed by atoms with van der Waals surface area (Å²) in [5.41, 5.74) is 0.108. The molecule has 0 atom stereocenters. The van der Waals surface area contributed by atoms with E-state index in [1.54, 1.807) is 4.90 Å². The number of hydrogen-bond donors (Lipinski definition) is 1. The van der Waals surface area contributed by atoms with Crippen molar-refractivity contribution in [2.24, 2.45) is 0 Å². The molecular formula is C16H23N7O3S. The van der Waals surface area contributed by atoms with Crippen molar-refractivity contribution in [3.05, 3.63) is 22.4 Å². The van der Waals surface area contributed by atoms with Gasteiger partial charge in [0.1, 0.15) is 23.5 Å². The largest absolute Gasteiger partial charge is 0.368 e. The zero-order chi connectivity index (χ0) is 19.3. The number of carbonyl (C=O) groups is 2. The van der Waals surface area contributed by atoms with Crippen molar-refractivity contribution in [1.29, 1.82) is 0 Å². The highest BCUT2D eigenvalue weighted by atomic mass is 32.1. The van der Waals surface area contributed by atoms with Crippen LogP contribution in [0.4, 0.5) is 0 Å². The summed E-state index contributed by atoms with van der Waals surface area (Å²) in [5.74, 6) is -0.242. The van der Waals surface area contributed by atoms with Gasteiger partial charge in [-0.3, -0.25) is 9.59 Å². The average Bonchev–Trinajstić information content (AvgIpc) is 3.37. The average molecular weight is 393 g/mol. The van der Waals surface area contributed by atoms with E-state index in [4.69, 9.17) is 4.74 Å². The molecule has 11 heteroatoms. The topological polar surface area (TPSA) is 115 Å². The van der Waals surface area contributed by atoms with Crippen LogP contribution in [0.3, 0.4) is 0 Å². The Morgan fingerprint density at radius 1 is 1.37 bits per heavy atom. The lowest BCUT2D eigenvalue weighted by atomic mass is 9.90. The van der Waals surface area contributed by atoms with E-state index in [0.717, 1.165) is 17.1 Å². The van der Waals surface area contributed by atoms with Gasteiger partial charge in [-0.05, 0) is 16.8 Å². The molecular weight excluding hydrogens is 370 g/mol.